The van der Waals surface area contributed by atoms with Gasteiger partial charge in [-0.05, 0) is 204 Å². The molecule has 3 rings (SSSR count). The molecule has 3 atom stereocenters. The van der Waals surface area contributed by atoms with Crippen LogP contribution < -0.4 is 16.0 Å². The number of carbonyl (C=O) groups is 6. The molecule has 0 saturated heterocycles. The van der Waals surface area contributed by atoms with Gasteiger partial charge in [-0.1, -0.05) is 277 Å². The second-order valence-corrected chi connectivity index (χ2v) is 26.2. The Balaban J connectivity index is 0.000000812. The molecule has 3 aromatic rings. The predicted octanol–water partition coefficient (Wildman–Crippen LogP) is 24.6. The van der Waals surface area contributed by atoms with Crippen LogP contribution in [0, 0.1) is 5.92 Å². The number of Topliss-reactive ketones (excluding diaryl/α,β-unsaturated/α-hetero) is 3. The number of amides is 3. The first-order valence-electron chi connectivity index (χ1n) is 39.8. The summed E-state index contributed by atoms with van der Waals surface area (Å²) in [7, 11) is 0. The molecular weight excluding hydrogens is 1340 g/mol. The molecule has 0 bridgehead atoms. The summed E-state index contributed by atoms with van der Waals surface area (Å²) >= 11 is 0. The molecule has 0 aliphatic carbocycles. The number of benzene rings is 3. The third kappa shape index (κ3) is 59.4. The molecule has 0 fully saturated rings. The summed E-state index contributed by atoms with van der Waals surface area (Å²) in [4.78, 5) is 72.9. The van der Waals surface area contributed by atoms with Gasteiger partial charge in [-0.15, -0.1) is 0 Å². The van der Waals surface area contributed by atoms with E-state index >= 15 is 0 Å². The highest BCUT2D eigenvalue weighted by atomic mass is 16.3. The third-order valence-electron chi connectivity index (χ3n) is 16.6. The van der Waals surface area contributed by atoms with Gasteiger partial charge in [0.2, 0.25) is 0 Å². The lowest BCUT2D eigenvalue weighted by molar-refractivity contribution is -0.120. The van der Waals surface area contributed by atoms with E-state index in [1.807, 2.05) is 39.0 Å². The third-order valence-corrected chi connectivity index (χ3v) is 16.6. The van der Waals surface area contributed by atoms with Crippen LogP contribution in [0.5, 0.6) is 11.5 Å². The van der Waals surface area contributed by atoms with Gasteiger partial charge in [-0.25, -0.2) is 0 Å². The first kappa shape index (κ1) is 96.3. The Kier molecular flexibility index (Phi) is 63.7. The average molecular weight is 1470 g/mol. The van der Waals surface area contributed by atoms with Crippen molar-refractivity contribution in [3.05, 3.63) is 302 Å². The molecule has 0 aliphatic rings. The summed E-state index contributed by atoms with van der Waals surface area (Å²) in [6.45, 7) is 12.7. The van der Waals surface area contributed by atoms with Crippen LogP contribution in [0.3, 0.4) is 0 Å². The standard InChI is InChI=1S/C34H47NO3.C33H45NO3.C30H41NO2/c1-4-5-6-7-8-9-10-11-12-13-14-15-16-17-18-19-20-21-22-25-31(36)28-29(2)30(3)35-34(38)32-26-23-24-27-33(32)37;1-3-4-5-6-7-8-9-10-11-12-13-14-15-16-17-18-19-20-21-24-30(35)28-27-29(2)34-33(37)31-25-22-23-26-32(31)36;1-2-3-4-5-6-7-8-9-10-11-12-13-14-15-16-17-21-25-29(32)26-22-27-31-30(33)28-23-19-18-20-24-28/h5-6,8-9,11-12,14-15,17-18,20-21,23-24,26-27,29-30,37H,4,7,10,13,16,19,22,25,28H2,1-3H3,(H,35,38);4-5,7-8,10-11,13-14,16-17,19-20,22-23,25-26,29,36H,3,6,9,12,15,18,21,24,27-28H2,1-2H3,(H,34,37);3-4,6-7,9-10,12-13,15-16,18-20,23-24H,2,5,8,11,14,17,21-22,25-27H2,1H3,(H,31,33)/b6-5-,9-8-,12-11-,15-14-,18-17-,21-20-;5-4-,8-7-,11-10-,14-13-,17-16-,20-19-;4-3-,7-6-,10-9-,13-12-,16-15-. The van der Waals surface area contributed by atoms with E-state index in [1.165, 1.54) is 12.1 Å². The fraction of sp³-hybridized carbons (Fsp3) is 0.402. The van der Waals surface area contributed by atoms with Crippen molar-refractivity contribution < 1.29 is 39.0 Å². The molecule has 5 N–H and O–H groups in total. The maximum absolute atomic E-state index is 12.3. The minimum atomic E-state index is -0.326. The minimum absolute atomic E-state index is 0.0163. The molecule has 0 saturated carbocycles. The number of ketones is 3. The largest absolute Gasteiger partial charge is 0.507 e. The second-order valence-electron chi connectivity index (χ2n) is 26.2. The van der Waals surface area contributed by atoms with Gasteiger partial charge < -0.3 is 26.2 Å². The summed E-state index contributed by atoms with van der Waals surface area (Å²) in [6, 6.07) is 21.7. The number of nitrogens with one attached hydrogen (secondary N) is 3. The number of phenols is 2. The zero-order chi connectivity index (χ0) is 78.7. The number of phenolic OH excluding ortho intramolecular Hbond substituents is 2. The summed E-state index contributed by atoms with van der Waals surface area (Å²) in [5.41, 5.74) is 1.15. The Morgan fingerprint density at radius 2 is 0.630 bits per heavy atom. The number of unbranched alkanes of at least 4 members (excludes halogenated alkanes) is 1. The Hall–Kier alpha value is -9.74. The number of allylic oxidation sites excluding steroid dienone is 34. The first-order valence-corrected chi connectivity index (χ1v) is 39.8. The van der Waals surface area contributed by atoms with Gasteiger partial charge in [0.1, 0.15) is 28.8 Å². The van der Waals surface area contributed by atoms with Crippen LogP contribution in [0.25, 0.3) is 0 Å². The number of carbonyl (C=O) groups excluding carboxylic acids is 6. The van der Waals surface area contributed by atoms with Crippen molar-refractivity contribution >= 4 is 35.1 Å². The van der Waals surface area contributed by atoms with Crippen molar-refractivity contribution in [2.24, 2.45) is 5.92 Å². The molecule has 0 radical (unpaired) electrons. The summed E-state index contributed by atoms with van der Waals surface area (Å²) < 4.78 is 0. The topological polar surface area (TPSA) is 179 Å². The molecule has 108 heavy (non-hydrogen) atoms. The molecule has 3 amide bonds. The Bertz CT molecular complexity index is 3430. The number of hydrogen-bond donors (Lipinski definition) is 5. The van der Waals surface area contributed by atoms with Crippen molar-refractivity contribution in [3.63, 3.8) is 0 Å². The van der Waals surface area contributed by atoms with Gasteiger partial charge in [0.05, 0.1) is 11.1 Å². The molecule has 11 heteroatoms. The minimum Gasteiger partial charge on any atom is -0.507 e. The summed E-state index contributed by atoms with van der Waals surface area (Å²) in [6.07, 6.45) is 98.3. The molecule has 0 aromatic heterocycles. The molecule has 11 nitrogen and oxygen atoms in total. The zero-order valence-electron chi connectivity index (χ0n) is 66.4. The van der Waals surface area contributed by atoms with Crippen molar-refractivity contribution in [2.75, 3.05) is 6.54 Å². The van der Waals surface area contributed by atoms with Crippen LogP contribution in [0.15, 0.2) is 285 Å². The monoisotopic (exact) mass is 1470 g/mol. The molecule has 3 unspecified atom stereocenters. The van der Waals surface area contributed by atoms with Gasteiger partial charge >= 0.3 is 0 Å². The number of para-hydroxylation sites is 2. The fourth-order valence-corrected chi connectivity index (χ4v) is 10.1. The van der Waals surface area contributed by atoms with Crippen LogP contribution in [-0.2, 0) is 14.4 Å². The van der Waals surface area contributed by atoms with Gasteiger partial charge in [0.25, 0.3) is 17.7 Å². The number of aromatic hydroxyl groups is 2. The number of rotatable bonds is 56. The Labute approximate surface area is 652 Å². The maximum Gasteiger partial charge on any atom is 0.255 e. The molecule has 0 heterocycles. The Morgan fingerprint density at radius 1 is 0.324 bits per heavy atom. The van der Waals surface area contributed by atoms with E-state index in [0.717, 1.165) is 135 Å². The van der Waals surface area contributed by atoms with E-state index < -0.39 is 0 Å². The SMILES string of the molecule is CC/C=C\C/C=C\C/C=C\C/C=C\C/C=C\C/C=C\CCC(=O)CC(C)C(C)NC(=O)c1ccccc1O.CC/C=C\C/C=C\C/C=C\C/C=C\C/C=C\C/C=C\CCC(=O)CCC(C)NC(=O)c1ccccc1O.CC/C=C\C/C=C\C/C=C\C/C=C\C/C=C\CCCC(=O)CCCNC(=O)c1ccccc1. The van der Waals surface area contributed by atoms with Crippen LogP contribution in [0.1, 0.15) is 259 Å². The highest BCUT2D eigenvalue weighted by molar-refractivity contribution is 5.97. The smallest absolute Gasteiger partial charge is 0.255 e. The van der Waals surface area contributed by atoms with Crippen molar-refractivity contribution in [2.45, 2.75) is 240 Å². The zero-order valence-corrected chi connectivity index (χ0v) is 66.4. The van der Waals surface area contributed by atoms with E-state index in [0.29, 0.717) is 63.5 Å². The summed E-state index contributed by atoms with van der Waals surface area (Å²) in [5, 5.41) is 28.2. The molecule has 584 valence electrons. The molecule has 0 aliphatic heterocycles. The first-order chi connectivity index (χ1) is 52.7. The van der Waals surface area contributed by atoms with Crippen molar-refractivity contribution in [1.82, 2.24) is 16.0 Å². The van der Waals surface area contributed by atoms with Crippen LogP contribution in [0.4, 0.5) is 0 Å². The average Bonchev–Trinajstić information content (AvgIpc) is 0.985. The van der Waals surface area contributed by atoms with Gasteiger partial charge in [0.15, 0.2) is 0 Å². The van der Waals surface area contributed by atoms with E-state index in [1.54, 1.807) is 48.5 Å². The lowest BCUT2D eigenvalue weighted by Gasteiger charge is -2.21. The van der Waals surface area contributed by atoms with Gasteiger partial charge in [0, 0.05) is 62.7 Å². The van der Waals surface area contributed by atoms with Crippen LogP contribution >= 0.6 is 0 Å². The molecule has 3 aromatic carbocycles. The quantitative estimate of drug-likeness (QED) is 0.0274. The van der Waals surface area contributed by atoms with Crippen LogP contribution in [0.2, 0.25) is 0 Å². The Morgan fingerprint density at radius 3 is 1.00 bits per heavy atom. The van der Waals surface area contributed by atoms with Gasteiger partial charge in [-0.3, -0.25) is 28.8 Å². The second kappa shape index (κ2) is 71.5. The fourth-order valence-electron chi connectivity index (χ4n) is 10.1. The molecule has 0 spiro atoms. The number of hydrogen-bond acceptors (Lipinski definition) is 8. The van der Waals surface area contributed by atoms with Gasteiger partial charge in [-0.2, -0.15) is 0 Å². The normalized spacial score (nSPS) is 13.2. The highest BCUT2D eigenvalue weighted by Crippen LogP contribution is 2.19. The highest BCUT2D eigenvalue weighted by Gasteiger charge is 2.20. The maximum atomic E-state index is 12.3. The predicted molar refractivity (Wildman–Crippen MR) is 459 cm³/mol. The van der Waals surface area contributed by atoms with Crippen LogP contribution in [-0.4, -0.2) is 63.9 Å². The van der Waals surface area contributed by atoms with E-state index in [-0.39, 0.29) is 75.7 Å². The van der Waals surface area contributed by atoms with E-state index in [9.17, 15) is 39.0 Å². The van der Waals surface area contributed by atoms with E-state index in [4.69, 9.17) is 0 Å². The van der Waals surface area contributed by atoms with E-state index in [2.05, 4.69) is 243 Å². The lowest BCUT2D eigenvalue weighted by Crippen LogP contribution is -2.37. The van der Waals surface area contributed by atoms with Crippen molar-refractivity contribution in [1.29, 1.82) is 0 Å². The van der Waals surface area contributed by atoms with Crippen molar-refractivity contribution in [3.8, 4) is 11.5 Å². The summed E-state index contributed by atoms with van der Waals surface area (Å²) in [5.74, 6) is -0.134. The lowest BCUT2D eigenvalue weighted by atomic mass is 9.95. The molecular formula is C97H133N3O8.